The van der Waals surface area contributed by atoms with Crippen molar-refractivity contribution in [2.45, 2.75) is 27.2 Å². The number of hydrogen-bond donors (Lipinski definition) is 2. The van der Waals surface area contributed by atoms with Gasteiger partial charge in [0.05, 0.1) is 0 Å². The van der Waals surface area contributed by atoms with Crippen molar-refractivity contribution >= 4 is 38.8 Å². The van der Waals surface area contributed by atoms with Crippen LogP contribution in [-0.2, 0) is 0 Å². The molecule has 0 spiro atoms. The Morgan fingerprint density at radius 2 is 2.06 bits per heavy atom. The zero-order chi connectivity index (χ0) is 13.1. The largest absolute Gasteiger partial charge is 0.389 e. The van der Waals surface area contributed by atoms with E-state index >= 15 is 0 Å². The lowest BCUT2D eigenvalue weighted by Gasteiger charge is -2.18. The highest BCUT2D eigenvalue weighted by atomic mass is 79.9. The minimum atomic E-state index is 0.350. The summed E-state index contributed by atoms with van der Waals surface area (Å²) < 4.78 is 0.936. The molecule has 0 amide bonds. The molecule has 17 heavy (non-hydrogen) atoms. The zero-order valence-electron chi connectivity index (χ0n) is 10.5. The van der Waals surface area contributed by atoms with E-state index in [1.54, 1.807) is 0 Å². The van der Waals surface area contributed by atoms with Crippen molar-refractivity contribution in [3.05, 3.63) is 28.2 Å². The minimum Gasteiger partial charge on any atom is -0.389 e. The van der Waals surface area contributed by atoms with Gasteiger partial charge < -0.3 is 11.1 Å². The molecule has 0 atom stereocenters. The summed E-state index contributed by atoms with van der Waals surface area (Å²) in [6, 6.07) is 5.95. The van der Waals surface area contributed by atoms with Crippen molar-refractivity contribution in [2.24, 2.45) is 11.1 Å². The van der Waals surface area contributed by atoms with E-state index in [1.165, 1.54) is 0 Å². The maximum atomic E-state index is 5.60. The topological polar surface area (TPSA) is 38.0 Å². The van der Waals surface area contributed by atoms with E-state index in [-0.39, 0.29) is 0 Å². The average Bonchev–Trinajstić information content (AvgIpc) is 2.15. The summed E-state index contributed by atoms with van der Waals surface area (Å²) in [5.74, 6) is 0. The molecular formula is C13H19BrN2S. The lowest BCUT2D eigenvalue weighted by Crippen LogP contribution is -2.13. The van der Waals surface area contributed by atoms with Crippen LogP contribution in [0.25, 0.3) is 0 Å². The van der Waals surface area contributed by atoms with Crippen molar-refractivity contribution in [2.75, 3.05) is 11.9 Å². The van der Waals surface area contributed by atoms with Gasteiger partial charge in [0.15, 0.2) is 0 Å². The summed E-state index contributed by atoms with van der Waals surface area (Å²) in [5, 5.41) is 3.39. The number of anilines is 1. The smallest absolute Gasteiger partial charge is 0.105 e. The predicted octanol–water partition coefficient (Wildman–Crippen LogP) is 3.93. The van der Waals surface area contributed by atoms with Gasteiger partial charge in [-0.15, -0.1) is 0 Å². The Morgan fingerprint density at radius 3 is 2.53 bits per heavy atom. The Kier molecular flexibility index (Phi) is 4.95. The van der Waals surface area contributed by atoms with Crippen LogP contribution < -0.4 is 11.1 Å². The first-order valence-electron chi connectivity index (χ1n) is 5.63. The third-order valence-electron chi connectivity index (χ3n) is 2.44. The molecule has 0 saturated carbocycles. The van der Waals surface area contributed by atoms with Gasteiger partial charge in [-0.3, -0.25) is 0 Å². The van der Waals surface area contributed by atoms with E-state index in [0.717, 1.165) is 28.7 Å². The molecule has 0 bridgehead atoms. The second-order valence-corrected chi connectivity index (χ2v) is 6.59. The van der Waals surface area contributed by atoms with Crippen LogP contribution in [0.3, 0.4) is 0 Å². The third kappa shape index (κ3) is 5.04. The highest BCUT2D eigenvalue weighted by molar-refractivity contribution is 9.10. The van der Waals surface area contributed by atoms with Gasteiger partial charge in [-0.2, -0.15) is 0 Å². The number of thiocarbonyl (C=S) groups is 1. The first kappa shape index (κ1) is 14.5. The van der Waals surface area contributed by atoms with Gasteiger partial charge in [-0.05, 0) is 46.0 Å². The number of nitrogens with one attached hydrogen (secondary N) is 1. The molecule has 1 rings (SSSR count). The fourth-order valence-electron chi connectivity index (χ4n) is 1.41. The monoisotopic (exact) mass is 314 g/mol. The van der Waals surface area contributed by atoms with E-state index in [2.05, 4.69) is 42.0 Å². The van der Waals surface area contributed by atoms with Crippen molar-refractivity contribution < 1.29 is 0 Å². The lowest BCUT2D eigenvalue weighted by molar-refractivity contribution is 0.390. The second-order valence-electron chi connectivity index (χ2n) is 5.30. The van der Waals surface area contributed by atoms with E-state index in [0.29, 0.717) is 10.4 Å². The lowest BCUT2D eigenvalue weighted by atomic mass is 9.92. The molecule has 94 valence electrons. The number of nitrogens with two attached hydrogens (primary N) is 1. The normalized spacial score (nSPS) is 11.3. The Bertz CT molecular complexity index is 410. The molecule has 4 heteroatoms. The zero-order valence-corrected chi connectivity index (χ0v) is 12.9. The Morgan fingerprint density at radius 1 is 1.41 bits per heavy atom. The Hall–Kier alpha value is -0.610. The Balaban J connectivity index is 2.62. The minimum absolute atomic E-state index is 0.350. The highest BCUT2D eigenvalue weighted by Crippen LogP contribution is 2.23. The fourth-order valence-corrected chi connectivity index (χ4v) is 2.31. The van der Waals surface area contributed by atoms with E-state index in [4.69, 9.17) is 18.0 Å². The molecule has 3 N–H and O–H groups in total. The number of halogens is 1. The molecule has 0 saturated heterocycles. The van der Waals surface area contributed by atoms with Crippen LogP contribution in [0.5, 0.6) is 0 Å². The molecule has 0 aliphatic carbocycles. The second kappa shape index (κ2) is 5.83. The van der Waals surface area contributed by atoms with Crippen LogP contribution in [0.1, 0.15) is 32.8 Å². The van der Waals surface area contributed by atoms with E-state index < -0.39 is 0 Å². The molecule has 0 aliphatic heterocycles. The van der Waals surface area contributed by atoms with Crippen molar-refractivity contribution in [3.63, 3.8) is 0 Å². The number of benzene rings is 1. The molecule has 0 aromatic heterocycles. The van der Waals surface area contributed by atoms with Crippen molar-refractivity contribution in [3.8, 4) is 0 Å². The van der Waals surface area contributed by atoms with Gasteiger partial charge in [0.1, 0.15) is 4.99 Å². The summed E-state index contributed by atoms with van der Waals surface area (Å²) in [6.07, 6.45) is 1.13. The predicted molar refractivity (Wildman–Crippen MR) is 82.6 cm³/mol. The van der Waals surface area contributed by atoms with Gasteiger partial charge in [0.2, 0.25) is 0 Å². The molecule has 0 heterocycles. The quantitative estimate of drug-likeness (QED) is 0.827. The van der Waals surface area contributed by atoms with Crippen molar-refractivity contribution in [1.82, 2.24) is 0 Å². The molecular weight excluding hydrogens is 296 g/mol. The van der Waals surface area contributed by atoms with Crippen LogP contribution >= 0.6 is 28.1 Å². The molecule has 0 fully saturated rings. The summed E-state index contributed by atoms with van der Waals surface area (Å²) in [5.41, 5.74) is 7.91. The SMILES string of the molecule is CC(C)(C)CCNc1ccc(C(N)=S)c(Br)c1. The van der Waals surface area contributed by atoms with Gasteiger partial charge >= 0.3 is 0 Å². The maximum Gasteiger partial charge on any atom is 0.105 e. The number of hydrogen-bond acceptors (Lipinski definition) is 2. The van der Waals surface area contributed by atoms with Gasteiger partial charge in [-0.25, -0.2) is 0 Å². The van der Waals surface area contributed by atoms with Crippen LogP contribution in [0.4, 0.5) is 5.69 Å². The molecule has 1 aromatic rings. The maximum absolute atomic E-state index is 5.60. The van der Waals surface area contributed by atoms with Crippen LogP contribution in [-0.4, -0.2) is 11.5 Å². The van der Waals surface area contributed by atoms with E-state index in [1.807, 2.05) is 18.2 Å². The molecule has 0 aliphatic rings. The third-order valence-corrected chi connectivity index (χ3v) is 3.31. The molecule has 2 nitrogen and oxygen atoms in total. The summed E-state index contributed by atoms with van der Waals surface area (Å²) >= 11 is 8.43. The van der Waals surface area contributed by atoms with Crippen LogP contribution in [0, 0.1) is 5.41 Å². The first-order valence-corrected chi connectivity index (χ1v) is 6.83. The van der Waals surface area contributed by atoms with Crippen LogP contribution in [0.2, 0.25) is 0 Å². The standard InChI is InChI=1S/C13H19BrN2S/c1-13(2,3)6-7-16-9-4-5-10(12(15)17)11(14)8-9/h4-5,8,16H,6-7H2,1-3H3,(H2,15,17). The summed E-state index contributed by atoms with van der Waals surface area (Å²) in [6.45, 7) is 7.67. The van der Waals surface area contributed by atoms with Gasteiger partial charge in [-0.1, -0.05) is 33.0 Å². The van der Waals surface area contributed by atoms with E-state index in [9.17, 15) is 0 Å². The molecule has 1 aromatic carbocycles. The Labute approximate surface area is 117 Å². The van der Waals surface area contributed by atoms with Crippen molar-refractivity contribution in [1.29, 1.82) is 0 Å². The first-order chi connectivity index (χ1) is 7.79. The summed E-state index contributed by atoms with van der Waals surface area (Å²) in [4.78, 5) is 0.415. The molecule has 0 radical (unpaired) electrons. The molecule has 0 unspecified atom stereocenters. The highest BCUT2D eigenvalue weighted by Gasteiger charge is 2.09. The van der Waals surface area contributed by atoms with Crippen LogP contribution in [0.15, 0.2) is 22.7 Å². The van der Waals surface area contributed by atoms with Gasteiger partial charge in [0, 0.05) is 22.3 Å². The number of rotatable bonds is 4. The average molecular weight is 315 g/mol. The summed E-state index contributed by atoms with van der Waals surface area (Å²) in [7, 11) is 0. The fraction of sp³-hybridized carbons (Fsp3) is 0.462. The van der Waals surface area contributed by atoms with Gasteiger partial charge in [0.25, 0.3) is 0 Å².